The number of Topliss-reactive ketones (excluding diaryl/α,β-unsaturated/α-hetero) is 1. The van der Waals surface area contributed by atoms with E-state index < -0.39 is 0 Å². The highest BCUT2D eigenvalue weighted by Crippen LogP contribution is 2.29. The average Bonchev–Trinajstić information content (AvgIpc) is 3.12. The number of benzene rings is 2. The van der Waals surface area contributed by atoms with Crippen LogP contribution in [-0.2, 0) is 0 Å². The van der Waals surface area contributed by atoms with Crippen LogP contribution in [0, 0.1) is 13.8 Å². The molecule has 3 rings (SSSR count). The maximum atomic E-state index is 12.8. The van der Waals surface area contributed by atoms with Crippen molar-refractivity contribution in [2.75, 3.05) is 6.61 Å². The van der Waals surface area contributed by atoms with Gasteiger partial charge in [0.15, 0.2) is 5.78 Å². The summed E-state index contributed by atoms with van der Waals surface area (Å²) < 4.78 is 7.28. The molecule has 1 aromatic heterocycles. The molecule has 3 aromatic rings. The molecule has 1 unspecified atom stereocenters. The molecule has 140 valence electrons. The van der Waals surface area contributed by atoms with Crippen LogP contribution in [0.5, 0.6) is 5.75 Å². The third-order valence-electron chi connectivity index (χ3n) is 4.28. The van der Waals surface area contributed by atoms with Crippen molar-refractivity contribution in [2.45, 2.75) is 38.1 Å². The van der Waals surface area contributed by atoms with Gasteiger partial charge in [0.1, 0.15) is 11.4 Å². The topological polar surface area (TPSA) is 69.9 Å². The Balaban J connectivity index is 1.84. The number of tetrazole rings is 1. The molecular weight excluding hydrogens is 360 g/mol. The Hall–Kier alpha value is -2.67. The minimum Gasteiger partial charge on any atom is -0.492 e. The molecule has 0 saturated carbocycles. The van der Waals surface area contributed by atoms with E-state index >= 15 is 0 Å². The summed E-state index contributed by atoms with van der Waals surface area (Å²) in [6.07, 6.45) is 0. The second kappa shape index (κ2) is 8.35. The van der Waals surface area contributed by atoms with Gasteiger partial charge in [-0.25, -0.2) is 0 Å². The lowest BCUT2D eigenvalue weighted by Gasteiger charge is -2.13. The summed E-state index contributed by atoms with van der Waals surface area (Å²) in [5, 5.41) is 12.2. The first-order chi connectivity index (χ1) is 13.0. The number of hydrogen-bond donors (Lipinski definition) is 0. The SMILES string of the molecule is CCOc1ccccc1-n1nnnc1SC(C)C(=O)c1ccc(C)c(C)c1. The van der Waals surface area contributed by atoms with E-state index in [0.29, 0.717) is 23.1 Å². The van der Waals surface area contributed by atoms with Crippen LogP contribution in [0.25, 0.3) is 5.69 Å². The molecule has 6 nitrogen and oxygen atoms in total. The summed E-state index contributed by atoms with van der Waals surface area (Å²) in [6, 6.07) is 13.3. The van der Waals surface area contributed by atoms with Crippen molar-refractivity contribution >= 4 is 17.5 Å². The minimum absolute atomic E-state index is 0.0516. The zero-order valence-corrected chi connectivity index (χ0v) is 16.7. The van der Waals surface area contributed by atoms with Gasteiger partial charge in [0, 0.05) is 5.56 Å². The summed E-state index contributed by atoms with van der Waals surface area (Å²) in [4.78, 5) is 12.8. The first-order valence-corrected chi connectivity index (χ1v) is 9.68. The fraction of sp³-hybridized carbons (Fsp3) is 0.300. The van der Waals surface area contributed by atoms with Crippen molar-refractivity contribution in [3.05, 3.63) is 59.2 Å². The lowest BCUT2D eigenvalue weighted by Crippen LogP contribution is -2.15. The number of aromatic nitrogens is 4. The number of carbonyl (C=O) groups is 1. The molecule has 27 heavy (non-hydrogen) atoms. The van der Waals surface area contributed by atoms with E-state index in [0.717, 1.165) is 11.3 Å². The second-order valence-electron chi connectivity index (χ2n) is 6.20. The zero-order chi connectivity index (χ0) is 19.4. The number of thioether (sulfide) groups is 1. The molecule has 0 radical (unpaired) electrons. The van der Waals surface area contributed by atoms with Crippen molar-refractivity contribution in [1.82, 2.24) is 20.2 Å². The lowest BCUT2D eigenvalue weighted by molar-refractivity contribution is 0.0993. The fourth-order valence-corrected chi connectivity index (χ4v) is 3.53. The van der Waals surface area contributed by atoms with Gasteiger partial charge in [0.2, 0.25) is 5.16 Å². The average molecular weight is 382 g/mol. The number of nitrogens with zero attached hydrogens (tertiary/aromatic N) is 4. The van der Waals surface area contributed by atoms with Crippen molar-refractivity contribution < 1.29 is 9.53 Å². The highest BCUT2D eigenvalue weighted by atomic mass is 32.2. The van der Waals surface area contributed by atoms with E-state index in [9.17, 15) is 4.79 Å². The van der Waals surface area contributed by atoms with Crippen molar-refractivity contribution in [3.63, 3.8) is 0 Å². The fourth-order valence-electron chi connectivity index (χ4n) is 2.65. The number of hydrogen-bond acceptors (Lipinski definition) is 6. The van der Waals surface area contributed by atoms with E-state index in [-0.39, 0.29) is 11.0 Å². The van der Waals surface area contributed by atoms with E-state index in [1.54, 1.807) is 4.68 Å². The zero-order valence-electron chi connectivity index (χ0n) is 15.8. The maximum Gasteiger partial charge on any atom is 0.214 e. The number of carbonyl (C=O) groups excluding carboxylic acids is 1. The molecule has 1 atom stereocenters. The maximum absolute atomic E-state index is 12.8. The van der Waals surface area contributed by atoms with Gasteiger partial charge in [-0.1, -0.05) is 36.0 Å². The third-order valence-corrected chi connectivity index (χ3v) is 5.31. The third kappa shape index (κ3) is 4.19. The Kier molecular flexibility index (Phi) is 5.91. The van der Waals surface area contributed by atoms with Crippen LogP contribution in [0.4, 0.5) is 0 Å². The van der Waals surface area contributed by atoms with Crippen LogP contribution < -0.4 is 4.74 Å². The number of ketones is 1. The summed E-state index contributed by atoms with van der Waals surface area (Å²) in [7, 11) is 0. The standard InChI is InChI=1S/C20H22N4O2S/c1-5-26-18-9-7-6-8-17(18)24-20(21-22-23-24)27-15(4)19(25)16-11-10-13(2)14(3)12-16/h6-12,15H,5H2,1-4H3. The number of rotatable bonds is 7. The van der Waals surface area contributed by atoms with Crippen LogP contribution in [0.1, 0.15) is 35.3 Å². The predicted molar refractivity (Wildman–Crippen MR) is 106 cm³/mol. The van der Waals surface area contributed by atoms with Gasteiger partial charge in [0.25, 0.3) is 0 Å². The summed E-state index contributed by atoms with van der Waals surface area (Å²) >= 11 is 1.33. The summed E-state index contributed by atoms with van der Waals surface area (Å²) in [5.74, 6) is 0.748. The lowest BCUT2D eigenvalue weighted by atomic mass is 10.0. The largest absolute Gasteiger partial charge is 0.492 e. The van der Waals surface area contributed by atoms with Gasteiger partial charge in [-0.2, -0.15) is 4.68 Å². The Morgan fingerprint density at radius 2 is 1.96 bits per heavy atom. The first kappa shape index (κ1) is 19.1. The molecule has 0 fully saturated rings. The quantitative estimate of drug-likeness (QED) is 0.454. The van der Waals surface area contributed by atoms with Crippen LogP contribution in [0.2, 0.25) is 0 Å². The highest BCUT2D eigenvalue weighted by molar-refractivity contribution is 8.00. The van der Waals surface area contributed by atoms with Crippen molar-refractivity contribution in [1.29, 1.82) is 0 Å². The first-order valence-electron chi connectivity index (χ1n) is 8.80. The molecule has 0 N–H and O–H groups in total. The van der Waals surface area contributed by atoms with Crippen LogP contribution >= 0.6 is 11.8 Å². The van der Waals surface area contributed by atoms with Gasteiger partial charge in [-0.15, -0.1) is 5.10 Å². The van der Waals surface area contributed by atoms with Gasteiger partial charge in [-0.05, 0) is 67.4 Å². The number of para-hydroxylation sites is 2. The van der Waals surface area contributed by atoms with Crippen LogP contribution in [0.15, 0.2) is 47.6 Å². The van der Waals surface area contributed by atoms with E-state index in [2.05, 4.69) is 15.5 Å². The Bertz CT molecular complexity index is 955. The summed E-state index contributed by atoms with van der Waals surface area (Å²) in [6.45, 7) is 8.39. The molecule has 0 saturated heterocycles. The monoisotopic (exact) mass is 382 g/mol. The highest BCUT2D eigenvalue weighted by Gasteiger charge is 2.22. The van der Waals surface area contributed by atoms with Gasteiger partial charge < -0.3 is 4.74 Å². The molecule has 7 heteroatoms. The molecule has 0 spiro atoms. The summed E-state index contributed by atoms with van der Waals surface area (Å²) in [5.41, 5.74) is 3.72. The molecule has 2 aromatic carbocycles. The van der Waals surface area contributed by atoms with Crippen LogP contribution in [0.3, 0.4) is 0 Å². The van der Waals surface area contributed by atoms with Crippen molar-refractivity contribution in [2.24, 2.45) is 0 Å². The normalized spacial score (nSPS) is 12.0. The minimum atomic E-state index is -0.323. The Labute approximate surface area is 162 Å². The van der Waals surface area contributed by atoms with Crippen LogP contribution in [-0.4, -0.2) is 37.8 Å². The molecule has 0 bridgehead atoms. The van der Waals surface area contributed by atoms with Gasteiger partial charge >= 0.3 is 0 Å². The van der Waals surface area contributed by atoms with E-state index in [4.69, 9.17) is 4.74 Å². The molecule has 0 aliphatic carbocycles. The molecule has 0 amide bonds. The number of aryl methyl sites for hydroxylation is 2. The second-order valence-corrected chi connectivity index (χ2v) is 7.51. The predicted octanol–water partition coefficient (Wildman–Crippen LogP) is 4.04. The number of ether oxygens (including phenoxy) is 1. The Morgan fingerprint density at radius 3 is 2.70 bits per heavy atom. The van der Waals surface area contributed by atoms with E-state index in [1.807, 2.05) is 70.2 Å². The smallest absolute Gasteiger partial charge is 0.214 e. The van der Waals surface area contributed by atoms with E-state index in [1.165, 1.54) is 17.3 Å². The van der Waals surface area contributed by atoms with Gasteiger partial charge in [0.05, 0.1) is 11.9 Å². The van der Waals surface area contributed by atoms with Gasteiger partial charge in [-0.3, -0.25) is 4.79 Å². The Morgan fingerprint density at radius 1 is 1.19 bits per heavy atom. The molecule has 0 aliphatic rings. The molecular formula is C20H22N4O2S. The molecule has 0 aliphatic heterocycles. The molecule has 1 heterocycles. The van der Waals surface area contributed by atoms with Crippen molar-refractivity contribution in [3.8, 4) is 11.4 Å².